The molecule has 32 heavy (non-hydrogen) atoms. The van der Waals surface area contributed by atoms with Gasteiger partial charge in [0, 0.05) is 5.56 Å². The van der Waals surface area contributed by atoms with E-state index in [9.17, 15) is 9.59 Å². The fourth-order valence-corrected chi connectivity index (χ4v) is 3.82. The summed E-state index contributed by atoms with van der Waals surface area (Å²) >= 11 is 0. The quantitative estimate of drug-likeness (QED) is 0.575. The van der Waals surface area contributed by atoms with Gasteiger partial charge in [0.2, 0.25) is 5.82 Å². The van der Waals surface area contributed by atoms with Crippen molar-refractivity contribution in [3.05, 3.63) is 64.7 Å². The minimum Gasteiger partial charge on any atom is -0.454 e. The number of ether oxygens (including phenoxy) is 1. The SMILES string of the molecule is Cc1ccc(-c2nnn(CC(=O)OCC(=O)NC(C)c3ccc4c(c3)CCCC4)n2)cc1. The lowest BCUT2D eigenvalue weighted by Gasteiger charge is -2.20. The highest BCUT2D eigenvalue weighted by atomic mass is 16.5. The predicted molar refractivity (Wildman–Crippen MR) is 119 cm³/mol. The molecule has 1 aromatic heterocycles. The number of nitrogens with one attached hydrogen (secondary N) is 1. The van der Waals surface area contributed by atoms with E-state index in [1.807, 2.05) is 38.1 Å². The number of hydrogen-bond acceptors (Lipinski definition) is 6. The van der Waals surface area contributed by atoms with Crippen LogP contribution in [0, 0.1) is 6.92 Å². The highest BCUT2D eigenvalue weighted by molar-refractivity contribution is 5.80. The van der Waals surface area contributed by atoms with Crippen molar-refractivity contribution < 1.29 is 14.3 Å². The third kappa shape index (κ3) is 5.38. The molecule has 0 saturated heterocycles. The molecule has 2 aromatic carbocycles. The molecule has 4 rings (SSSR count). The third-order valence-corrected chi connectivity index (χ3v) is 5.65. The van der Waals surface area contributed by atoms with E-state index in [1.165, 1.54) is 24.0 Å². The summed E-state index contributed by atoms with van der Waals surface area (Å²) in [5.41, 5.74) is 5.77. The minimum absolute atomic E-state index is 0.164. The molecular weight excluding hydrogens is 406 g/mol. The van der Waals surface area contributed by atoms with Gasteiger partial charge in [-0.15, -0.1) is 10.2 Å². The highest BCUT2D eigenvalue weighted by Crippen LogP contribution is 2.24. The van der Waals surface area contributed by atoms with Crippen LogP contribution >= 0.6 is 0 Å². The zero-order chi connectivity index (χ0) is 22.5. The van der Waals surface area contributed by atoms with E-state index in [1.54, 1.807) is 0 Å². The van der Waals surface area contributed by atoms with Gasteiger partial charge in [-0.3, -0.25) is 4.79 Å². The van der Waals surface area contributed by atoms with Crippen LogP contribution in [0.2, 0.25) is 0 Å². The van der Waals surface area contributed by atoms with Crippen LogP contribution in [-0.4, -0.2) is 38.7 Å². The Morgan fingerprint density at radius 3 is 2.62 bits per heavy atom. The van der Waals surface area contributed by atoms with Gasteiger partial charge in [0.1, 0.15) is 0 Å². The van der Waals surface area contributed by atoms with Crippen LogP contribution in [0.4, 0.5) is 0 Å². The van der Waals surface area contributed by atoms with Crippen molar-refractivity contribution in [2.45, 2.75) is 52.1 Å². The van der Waals surface area contributed by atoms with Crippen LogP contribution in [0.3, 0.4) is 0 Å². The largest absolute Gasteiger partial charge is 0.454 e. The first-order valence-corrected chi connectivity index (χ1v) is 10.9. The van der Waals surface area contributed by atoms with E-state index in [2.05, 4.69) is 38.9 Å². The Kier molecular flexibility index (Phi) is 6.58. The molecule has 8 nitrogen and oxygen atoms in total. The van der Waals surface area contributed by atoms with E-state index in [4.69, 9.17) is 4.74 Å². The number of hydrogen-bond donors (Lipinski definition) is 1. The smallest absolute Gasteiger partial charge is 0.330 e. The molecule has 1 aliphatic rings. The summed E-state index contributed by atoms with van der Waals surface area (Å²) in [5, 5.41) is 14.9. The van der Waals surface area contributed by atoms with Crippen molar-refractivity contribution in [2.75, 3.05) is 6.61 Å². The number of esters is 1. The Morgan fingerprint density at radius 2 is 1.84 bits per heavy atom. The van der Waals surface area contributed by atoms with Gasteiger partial charge >= 0.3 is 5.97 Å². The zero-order valence-corrected chi connectivity index (χ0v) is 18.4. The standard InChI is InChI=1S/C24H27N5O3/c1-16-7-9-19(10-8-16)24-26-28-29(27-24)14-23(31)32-15-22(30)25-17(2)20-12-11-18-5-3-4-6-21(18)13-20/h7-13,17H,3-6,14-15H2,1-2H3,(H,25,30). The number of amides is 1. The zero-order valence-electron chi connectivity index (χ0n) is 18.4. The maximum absolute atomic E-state index is 12.3. The summed E-state index contributed by atoms with van der Waals surface area (Å²) in [4.78, 5) is 25.5. The first-order chi connectivity index (χ1) is 15.5. The van der Waals surface area contributed by atoms with Crippen LogP contribution in [-0.2, 0) is 33.7 Å². The fraction of sp³-hybridized carbons (Fsp3) is 0.375. The molecule has 1 unspecified atom stereocenters. The molecule has 8 heteroatoms. The predicted octanol–water partition coefficient (Wildman–Crippen LogP) is 2.95. The van der Waals surface area contributed by atoms with Gasteiger partial charge in [0.05, 0.1) is 6.04 Å². The first-order valence-electron chi connectivity index (χ1n) is 10.9. The van der Waals surface area contributed by atoms with E-state index in [-0.39, 0.29) is 25.1 Å². The number of rotatable bonds is 7. The molecule has 1 atom stereocenters. The van der Waals surface area contributed by atoms with Crippen LogP contribution in [0.15, 0.2) is 42.5 Å². The van der Waals surface area contributed by atoms with Crippen molar-refractivity contribution in [1.82, 2.24) is 25.5 Å². The van der Waals surface area contributed by atoms with E-state index < -0.39 is 5.97 Å². The summed E-state index contributed by atoms with van der Waals surface area (Å²) in [5.74, 6) is -0.528. The van der Waals surface area contributed by atoms with Crippen molar-refractivity contribution in [1.29, 1.82) is 0 Å². The monoisotopic (exact) mass is 433 g/mol. The second-order valence-electron chi connectivity index (χ2n) is 8.19. The molecule has 1 heterocycles. The number of tetrazole rings is 1. The van der Waals surface area contributed by atoms with Gasteiger partial charge in [-0.1, -0.05) is 48.0 Å². The number of benzene rings is 2. The average molecular weight is 434 g/mol. The minimum atomic E-state index is -0.602. The molecule has 0 bridgehead atoms. The Labute approximate surface area is 187 Å². The van der Waals surface area contributed by atoms with Gasteiger partial charge in [0.25, 0.3) is 5.91 Å². The number of aromatic nitrogens is 4. The second kappa shape index (κ2) is 9.72. The molecule has 0 fully saturated rings. The number of aryl methyl sites for hydroxylation is 3. The van der Waals surface area contributed by atoms with Crippen LogP contribution in [0.1, 0.15) is 48.1 Å². The van der Waals surface area contributed by atoms with Crippen LogP contribution in [0.5, 0.6) is 0 Å². The Balaban J connectivity index is 1.25. The van der Waals surface area contributed by atoms with E-state index in [0.29, 0.717) is 5.82 Å². The lowest BCUT2D eigenvalue weighted by molar-refractivity contribution is -0.149. The lowest BCUT2D eigenvalue weighted by atomic mass is 9.89. The van der Waals surface area contributed by atoms with Crippen LogP contribution in [0.25, 0.3) is 11.4 Å². The van der Waals surface area contributed by atoms with E-state index in [0.717, 1.165) is 34.3 Å². The highest BCUT2D eigenvalue weighted by Gasteiger charge is 2.16. The maximum Gasteiger partial charge on any atom is 0.330 e. The van der Waals surface area contributed by atoms with Gasteiger partial charge in [-0.2, -0.15) is 4.80 Å². The molecule has 3 aromatic rings. The molecule has 0 saturated carbocycles. The fourth-order valence-electron chi connectivity index (χ4n) is 3.82. The van der Waals surface area contributed by atoms with E-state index >= 15 is 0 Å². The van der Waals surface area contributed by atoms with Gasteiger partial charge in [-0.25, -0.2) is 4.79 Å². The Hall–Kier alpha value is -3.55. The molecule has 1 N–H and O–H groups in total. The van der Waals surface area contributed by atoms with Gasteiger partial charge in [0.15, 0.2) is 13.2 Å². The number of fused-ring (bicyclic) bond motifs is 1. The molecular formula is C24H27N5O3. The van der Waals surface area contributed by atoms with Crippen molar-refractivity contribution in [2.24, 2.45) is 0 Å². The normalized spacial score (nSPS) is 13.8. The Morgan fingerprint density at radius 1 is 1.09 bits per heavy atom. The summed E-state index contributed by atoms with van der Waals surface area (Å²) < 4.78 is 5.09. The summed E-state index contributed by atoms with van der Waals surface area (Å²) in [7, 11) is 0. The van der Waals surface area contributed by atoms with Crippen molar-refractivity contribution in [3.63, 3.8) is 0 Å². The number of carbonyl (C=O) groups excluding carboxylic acids is 2. The van der Waals surface area contributed by atoms with Crippen LogP contribution < -0.4 is 5.32 Å². The summed E-state index contributed by atoms with van der Waals surface area (Å²) in [6.07, 6.45) is 4.66. The number of nitrogens with zero attached hydrogens (tertiary/aromatic N) is 4. The number of carbonyl (C=O) groups is 2. The molecule has 166 valence electrons. The van der Waals surface area contributed by atoms with Crippen molar-refractivity contribution in [3.8, 4) is 11.4 Å². The average Bonchev–Trinajstić information content (AvgIpc) is 3.26. The topological polar surface area (TPSA) is 99.0 Å². The van der Waals surface area contributed by atoms with Gasteiger partial charge < -0.3 is 10.1 Å². The molecule has 1 amide bonds. The molecule has 0 radical (unpaired) electrons. The third-order valence-electron chi connectivity index (χ3n) is 5.65. The molecule has 1 aliphatic carbocycles. The maximum atomic E-state index is 12.3. The molecule has 0 spiro atoms. The summed E-state index contributed by atoms with van der Waals surface area (Å²) in [6.45, 7) is 3.35. The second-order valence-corrected chi connectivity index (χ2v) is 8.19. The molecule has 0 aliphatic heterocycles. The van der Waals surface area contributed by atoms with Gasteiger partial charge in [-0.05, 0) is 61.4 Å². The first kappa shape index (κ1) is 21.7. The Bertz CT molecular complexity index is 1110. The lowest BCUT2D eigenvalue weighted by Crippen LogP contribution is -2.32. The van der Waals surface area contributed by atoms with Crippen molar-refractivity contribution >= 4 is 11.9 Å². The summed E-state index contributed by atoms with van der Waals surface area (Å²) in [6, 6.07) is 13.9.